The van der Waals surface area contributed by atoms with Crippen LogP contribution >= 0.6 is 0 Å². The fraction of sp³-hybridized carbons (Fsp3) is 0.385. The predicted molar refractivity (Wildman–Crippen MR) is 65.3 cm³/mol. The second kappa shape index (κ2) is 6.86. The summed E-state index contributed by atoms with van der Waals surface area (Å²) >= 11 is 0. The third-order valence-electron chi connectivity index (χ3n) is 2.38. The highest BCUT2D eigenvalue weighted by Crippen LogP contribution is 2.25. The molecule has 5 heteroatoms. The summed E-state index contributed by atoms with van der Waals surface area (Å²) in [5.41, 5.74) is 0.251. The quantitative estimate of drug-likeness (QED) is 0.576. The molecular weight excluding hydrogens is 236 g/mol. The molecule has 1 radical (unpaired) electrons. The Morgan fingerprint density at radius 2 is 1.89 bits per heavy atom. The van der Waals surface area contributed by atoms with Crippen LogP contribution in [0.25, 0.3) is 0 Å². The number of benzene rings is 1. The molecule has 18 heavy (non-hydrogen) atoms. The number of ether oxygens (including phenoxy) is 2. The Labute approximate surface area is 107 Å². The summed E-state index contributed by atoms with van der Waals surface area (Å²) in [6, 6.07) is 4.86. The average Bonchev–Trinajstić information content (AvgIpc) is 2.43. The van der Waals surface area contributed by atoms with Gasteiger partial charge in [0, 0.05) is 0 Å². The summed E-state index contributed by atoms with van der Waals surface area (Å²) < 4.78 is 10.1. The van der Waals surface area contributed by atoms with Gasteiger partial charge in [0.2, 0.25) is 0 Å². The largest absolute Gasteiger partial charge is 0.497 e. The summed E-state index contributed by atoms with van der Waals surface area (Å²) in [5.74, 6) is 0.316. The van der Waals surface area contributed by atoms with Crippen LogP contribution in [0.5, 0.6) is 11.5 Å². The summed E-state index contributed by atoms with van der Waals surface area (Å²) in [5, 5.41) is 0. The molecule has 0 N–H and O–H groups in total. The van der Waals surface area contributed by atoms with Gasteiger partial charge < -0.3 is 9.47 Å². The van der Waals surface area contributed by atoms with E-state index in [2.05, 4.69) is 0 Å². The molecule has 0 bridgehead atoms. The minimum atomic E-state index is -0.626. The maximum absolute atomic E-state index is 11.8. The van der Waals surface area contributed by atoms with E-state index in [-0.39, 0.29) is 5.56 Å². The molecule has 0 aliphatic rings. The number of carbonyl (C=O) groups excluding carboxylic acids is 1. The van der Waals surface area contributed by atoms with Crippen LogP contribution in [0.3, 0.4) is 0 Å². The Morgan fingerprint density at radius 3 is 2.44 bits per heavy atom. The van der Waals surface area contributed by atoms with Gasteiger partial charge >= 0.3 is 5.97 Å². The van der Waals surface area contributed by atoms with Gasteiger partial charge in [0.05, 0.1) is 14.2 Å². The van der Waals surface area contributed by atoms with E-state index >= 15 is 0 Å². The van der Waals surface area contributed by atoms with E-state index in [0.29, 0.717) is 24.0 Å². The van der Waals surface area contributed by atoms with Crippen LogP contribution in [0, 0.1) is 6.10 Å². The van der Waals surface area contributed by atoms with Crippen molar-refractivity contribution < 1.29 is 24.0 Å². The van der Waals surface area contributed by atoms with Crippen LogP contribution in [0.1, 0.15) is 30.6 Å². The molecule has 5 nitrogen and oxygen atoms in total. The molecule has 0 aromatic heterocycles. The first-order valence-electron chi connectivity index (χ1n) is 5.55. The van der Waals surface area contributed by atoms with Crippen LogP contribution in [-0.4, -0.2) is 20.2 Å². The van der Waals surface area contributed by atoms with Crippen molar-refractivity contribution in [3.63, 3.8) is 0 Å². The highest BCUT2D eigenvalue weighted by atomic mass is 17.2. The summed E-state index contributed by atoms with van der Waals surface area (Å²) in [6.07, 6.45) is 1.29. The van der Waals surface area contributed by atoms with Gasteiger partial charge in [-0.2, -0.15) is 4.89 Å². The fourth-order valence-electron chi connectivity index (χ4n) is 1.19. The zero-order valence-electron chi connectivity index (χ0n) is 11.0. The van der Waals surface area contributed by atoms with E-state index in [0.717, 1.165) is 0 Å². The van der Waals surface area contributed by atoms with E-state index in [9.17, 15) is 4.79 Å². The summed E-state index contributed by atoms with van der Waals surface area (Å²) in [4.78, 5) is 21.4. The third-order valence-corrected chi connectivity index (χ3v) is 2.38. The maximum Gasteiger partial charge on any atom is 0.376 e. The first kappa shape index (κ1) is 14.3. The molecule has 0 aliphatic carbocycles. The highest BCUT2D eigenvalue weighted by molar-refractivity contribution is 5.92. The van der Waals surface area contributed by atoms with E-state index in [4.69, 9.17) is 19.2 Å². The Morgan fingerprint density at radius 1 is 1.17 bits per heavy atom. The maximum atomic E-state index is 11.8. The van der Waals surface area contributed by atoms with Crippen LogP contribution in [0.15, 0.2) is 18.2 Å². The lowest BCUT2D eigenvalue weighted by Gasteiger charge is -2.11. The molecule has 0 atom stereocenters. The standard InChI is InChI=1S/C13H17O5/c1-5-9(2)17-18-13(14)11-8-10(15-3)6-7-12(11)16-4/h6-8H,5H2,1-4H3. The Balaban J connectivity index is 2.82. The van der Waals surface area contributed by atoms with Crippen molar-refractivity contribution in [2.75, 3.05) is 14.2 Å². The zero-order valence-corrected chi connectivity index (χ0v) is 11.0. The normalized spacial score (nSPS) is 10.3. The van der Waals surface area contributed by atoms with Gasteiger partial charge in [-0.05, 0) is 31.5 Å². The molecule has 0 saturated heterocycles. The van der Waals surface area contributed by atoms with Crippen molar-refractivity contribution in [2.24, 2.45) is 0 Å². The SMILES string of the molecule is CC[C](C)OOC(=O)c1cc(OC)ccc1OC. The molecule has 99 valence electrons. The lowest BCUT2D eigenvalue weighted by Crippen LogP contribution is -2.09. The zero-order chi connectivity index (χ0) is 13.5. The van der Waals surface area contributed by atoms with Gasteiger partial charge in [-0.25, -0.2) is 4.79 Å². The minimum absolute atomic E-state index is 0.251. The lowest BCUT2D eigenvalue weighted by molar-refractivity contribution is -0.232. The first-order valence-corrected chi connectivity index (χ1v) is 5.55. The second-order valence-corrected chi connectivity index (χ2v) is 3.58. The van der Waals surface area contributed by atoms with Crippen molar-refractivity contribution in [2.45, 2.75) is 20.3 Å². The molecule has 0 unspecified atom stereocenters. The van der Waals surface area contributed by atoms with Gasteiger partial charge in [-0.15, -0.1) is 0 Å². The Hall–Kier alpha value is -1.75. The van der Waals surface area contributed by atoms with Crippen molar-refractivity contribution in [1.29, 1.82) is 0 Å². The number of rotatable bonds is 6. The molecule has 0 fully saturated rings. The number of methoxy groups -OCH3 is 2. The van der Waals surface area contributed by atoms with Gasteiger partial charge in [0.1, 0.15) is 23.2 Å². The van der Waals surface area contributed by atoms with Crippen molar-refractivity contribution in [3.8, 4) is 11.5 Å². The number of carbonyl (C=O) groups is 1. The fourth-order valence-corrected chi connectivity index (χ4v) is 1.19. The second-order valence-electron chi connectivity index (χ2n) is 3.58. The molecule has 1 rings (SSSR count). The Bertz CT molecular complexity index is 402. The molecular formula is C13H17O5. The van der Waals surface area contributed by atoms with E-state index in [1.165, 1.54) is 20.3 Å². The third kappa shape index (κ3) is 3.63. The Kier molecular flexibility index (Phi) is 5.45. The molecule has 1 aromatic rings. The molecule has 0 amide bonds. The lowest BCUT2D eigenvalue weighted by atomic mass is 10.2. The monoisotopic (exact) mass is 253 g/mol. The van der Waals surface area contributed by atoms with Crippen molar-refractivity contribution in [3.05, 3.63) is 29.9 Å². The van der Waals surface area contributed by atoms with Gasteiger partial charge in [0.25, 0.3) is 0 Å². The van der Waals surface area contributed by atoms with Crippen LogP contribution in [0.4, 0.5) is 0 Å². The summed E-state index contributed by atoms with van der Waals surface area (Å²) in [7, 11) is 2.99. The van der Waals surface area contributed by atoms with Crippen molar-refractivity contribution >= 4 is 5.97 Å². The van der Waals surface area contributed by atoms with Crippen LogP contribution in [0.2, 0.25) is 0 Å². The highest BCUT2D eigenvalue weighted by Gasteiger charge is 2.17. The number of hydrogen-bond acceptors (Lipinski definition) is 5. The van der Waals surface area contributed by atoms with Crippen LogP contribution < -0.4 is 9.47 Å². The van der Waals surface area contributed by atoms with Gasteiger partial charge in [0.15, 0.2) is 0 Å². The molecule has 0 saturated carbocycles. The molecule has 0 heterocycles. The summed E-state index contributed by atoms with van der Waals surface area (Å²) in [6.45, 7) is 3.63. The predicted octanol–water partition coefficient (Wildman–Crippen LogP) is 2.75. The van der Waals surface area contributed by atoms with Gasteiger partial charge in [-0.3, -0.25) is 4.89 Å². The van der Waals surface area contributed by atoms with E-state index in [1.54, 1.807) is 19.1 Å². The average molecular weight is 253 g/mol. The molecule has 1 aromatic carbocycles. The van der Waals surface area contributed by atoms with Crippen LogP contribution in [-0.2, 0) is 9.78 Å². The molecule has 0 aliphatic heterocycles. The topological polar surface area (TPSA) is 54.0 Å². The van der Waals surface area contributed by atoms with Gasteiger partial charge in [-0.1, -0.05) is 6.92 Å². The van der Waals surface area contributed by atoms with E-state index in [1.807, 2.05) is 6.92 Å². The first-order chi connectivity index (χ1) is 8.62. The smallest absolute Gasteiger partial charge is 0.376 e. The van der Waals surface area contributed by atoms with Crippen molar-refractivity contribution in [1.82, 2.24) is 0 Å². The minimum Gasteiger partial charge on any atom is -0.497 e. The van der Waals surface area contributed by atoms with E-state index < -0.39 is 5.97 Å². The number of hydrogen-bond donors (Lipinski definition) is 0. The molecule has 0 spiro atoms.